The summed E-state index contributed by atoms with van der Waals surface area (Å²) in [7, 11) is 0. The minimum absolute atomic E-state index is 0.733. The first-order valence-corrected chi connectivity index (χ1v) is 8.03. The average Bonchev–Trinajstić information content (AvgIpc) is 2.60. The molecule has 2 heteroatoms. The van der Waals surface area contributed by atoms with Gasteiger partial charge in [0, 0.05) is 17.8 Å². The van der Waals surface area contributed by atoms with E-state index in [0.717, 1.165) is 30.0 Å². The molecule has 0 bridgehead atoms. The summed E-state index contributed by atoms with van der Waals surface area (Å²) >= 11 is 0. The molecule has 0 N–H and O–H groups in total. The summed E-state index contributed by atoms with van der Waals surface area (Å²) in [6.45, 7) is 4.87. The molecule has 0 saturated carbocycles. The van der Waals surface area contributed by atoms with Crippen molar-refractivity contribution in [3.63, 3.8) is 0 Å². The molecule has 0 saturated heterocycles. The van der Waals surface area contributed by atoms with Gasteiger partial charge in [0.25, 0.3) is 0 Å². The van der Waals surface area contributed by atoms with Crippen molar-refractivity contribution in [2.45, 2.75) is 20.3 Å². The molecule has 0 aliphatic heterocycles. The highest BCUT2D eigenvalue weighted by molar-refractivity contribution is 5.92. The van der Waals surface area contributed by atoms with Gasteiger partial charge in [0.1, 0.15) is 5.75 Å². The van der Waals surface area contributed by atoms with Gasteiger partial charge in [0.15, 0.2) is 0 Å². The quantitative estimate of drug-likeness (QED) is 0.620. The van der Waals surface area contributed by atoms with Gasteiger partial charge in [0.05, 0.1) is 12.3 Å². The van der Waals surface area contributed by atoms with Crippen LogP contribution in [-0.4, -0.2) is 11.6 Å². The van der Waals surface area contributed by atoms with Crippen LogP contribution in [-0.2, 0) is 0 Å². The highest BCUT2D eigenvalue weighted by Crippen LogP contribution is 2.22. The summed E-state index contributed by atoms with van der Waals surface area (Å²) in [6, 6.07) is 16.8. The topological polar surface area (TPSA) is 22.1 Å². The number of aromatic nitrogens is 1. The minimum atomic E-state index is 0.733. The van der Waals surface area contributed by atoms with Crippen molar-refractivity contribution in [1.82, 2.24) is 4.98 Å². The monoisotopic (exact) mass is 303 g/mol. The second kappa shape index (κ2) is 7.10. The van der Waals surface area contributed by atoms with E-state index in [2.05, 4.69) is 60.4 Å². The summed E-state index contributed by atoms with van der Waals surface area (Å²) in [4.78, 5) is 4.48. The number of fused-ring (bicyclic) bond motifs is 1. The molecule has 0 atom stereocenters. The van der Waals surface area contributed by atoms with Crippen molar-refractivity contribution in [1.29, 1.82) is 0 Å². The van der Waals surface area contributed by atoms with Crippen molar-refractivity contribution in [2.75, 3.05) is 6.61 Å². The van der Waals surface area contributed by atoms with Gasteiger partial charge >= 0.3 is 0 Å². The molecule has 0 amide bonds. The maximum absolute atomic E-state index is 5.77. The largest absolute Gasteiger partial charge is 0.493 e. The molecule has 1 heterocycles. The number of rotatable bonds is 5. The van der Waals surface area contributed by atoms with E-state index in [1.165, 1.54) is 16.3 Å². The molecule has 0 aliphatic rings. The molecular formula is C21H21NO. The smallest absolute Gasteiger partial charge is 0.125 e. The van der Waals surface area contributed by atoms with Gasteiger partial charge in [-0.25, -0.2) is 0 Å². The first-order chi connectivity index (χ1) is 11.3. The van der Waals surface area contributed by atoms with Crippen LogP contribution in [0.5, 0.6) is 5.75 Å². The highest BCUT2D eigenvalue weighted by Gasteiger charge is 2.02. The van der Waals surface area contributed by atoms with Crippen LogP contribution in [0.25, 0.3) is 22.9 Å². The molecule has 1 aromatic heterocycles. The third kappa shape index (κ3) is 3.59. The Balaban J connectivity index is 1.90. The van der Waals surface area contributed by atoms with Crippen LogP contribution in [0.3, 0.4) is 0 Å². The van der Waals surface area contributed by atoms with Gasteiger partial charge in [-0.15, -0.1) is 0 Å². The summed E-state index contributed by atoms with van der Waals surface area (Å²) in [5.41, 5.74) is 3.18. The number of pyridine rings is 1. The molecule has 0 spiro atoms. The first-order valence-electron chi connectivity index (χ1n) is 8.03. The molecule has 0 fully saturated rings. The molecule has 3 aromatic rings. The fourth-order valence-electron chi connectivity index (χ4n) is 2.55. The predicted octanol–water partition coefficient (Wildman–Crippen LogP) is 5.50. The number of hydrogen-bond donors (Lipinski definition) is 0. The molecule has 0 radical (unpaired) electrons. The van der Waals surface area contributed by atoms with E-state index in [0.29, 0.717) is 0 Å². The number of benzene rings is 2. The number of hydrogen-bond acceptors (Lipinski definition) is 2. The van der Waals surface area contributed by atoms with Crippen LogP contribution in [0.4, 0.5) is 0 Å². The van der Waals surface area contributed by atoms with E-state index in [9.17, 15) is 0 Å². The number of ether oxygens (including phenoxy) is 1. The zero-order valence-corrected chi connectivity index (χ0v) is 13.6. The van der Waals surface area contributed by atoms with Crippen LogP contribution in [0.1, 0.15) is 30.2 Å². The van der Waals surface area contributed by atoms with Crippen LogP contribution in [0.15, 0.2) is 54.7 Å². The van der Waals surface area contributed by atoms with Crippen molar-refractivity contribution in [3.05, 3.63) is 71.5 Å². The Kier molecular flexibility index (Phi) is 4.72. The number of nitrogens with zero attached hydrogens (tertiary/aromatic N) is 1. The fraction of sp³-hybridized carbons (Fsp3) is 0.190. The van der Waals surface area contributed by atoms with Crippen molar-refractivity contribution in [3.8, 4) is 5.75 Å². The molecule has 0 unspecified atom stereocenters. The van der Waals surface area contributed by atoms with Crippen LogP contribution in [0, 0.1) is 6.92 Å². The lowest BCUT2D eigenvalue weighted by atomic mass is 10.0. The zero-order chi connectivity index (χ0) is 16.1. The van der Waals surface area contributed by atoms with Crippen molar-refractivity contribution >= 4 is 22.9 Å². The molecule has 116 valence electrons. The maximum Gasteiger partial charge on any atom is 0.125 e. The van der Waals surface area contributed by atoms with Crippen molar-refractivity contribution < 1.29 is 4.74 Å². The molecular weight excluding hydrogens is 282 g/mol. The SMILES string of the molecule is CCCOc1cc(/C=C\c2cccc3ccccc23)ncc1C. The summed E-state index contributed by atoms with van der Waals surface area (Å²) < 4.78 is 5.77. The zero-order valence-electron chi connectivity index (χ0n) is 13.6. The lowest BCUT2D eigenvalue weighted by Gasteiger charge is -2.08. The third-order valence-electron chi connectivity index (χ3n) is 3.79. The van der Waals surface area contributed by atoms with Gasteiger partial charge in [0.2, 0.25) is 0 Å². The standard InChI is InChI=1S/C21H21NO/c1-3-13-23-21-14-19(22-15-16(21)2)12-11-18-9-6-8-17-7-4-5-10-20(17)18/h4-12,14-15H,3,13H2,1-2H3/b12-11-. The highest BCUT2D eigenvalue weighted by atomic mass is 16.5. The molecule has 3 rings (SSSR count). The van der Waals surface area contributed by atoms with Gasteiger partial charge in [-0.3, -0.25) is 4.98 Å². The average molecular weight is 303 g/mol. The van der Waals surface area contributed by atoms with E-state index in [4.69, 9.17) is 4.74 Å². The molecule has 2 aromatic carbocycles. The van der Waals surface area contributed by atoms with Crippen LogP contribution >= 0.6 is 0 Å². The second-order valence-corrected chi connectivity index (χ2v) is 5.62. The van der Waals surface area contributed by atoms with E-state index >= 15 is 0 Å². The lowest BCUT2D eigenvalue weighted by molar-refractivity contribution is 0.315. The predicted molar refractivity (Wildman–Crippen MR) is 97.6 cm³/mol. The van der Waals surface area contributed by atoms with Gasteiger partial charge in [-0.1, -0.05) is 55.5 Å². The Hall–Kier alpha value is -2.61. The second-order valence-electron chi connectivity index (χ2n) is 5.62. The summed E-state index contributed by atoms with van der Waals surface area (Å²) in [5, 5.41) is 2.50. The van der Waals surface area contributed by atoms with Crippen LogP contribution < -0.4 is 4.74 Å². The molecule has 2 nitrogen and oxygen atoms in total. The Labute approximate surface area is 137 Å². The Morgan fingerprint density at radius 3 is 2.74 bits per heavy atom. The summed E-state index contributed by atoms with van der Waals surface area (Å²) in [6.07, 6.45) is 7.03. The maximum atomic E-state index is 5.77. The molecule has 23 heavy (non-hydrogen) atoms. The normalized spacial score (nSPS) is 11.2. The Bertz CT molecular complexity index is 831. The third-order valence-corrected chi connectivity index (χ3v) is 3.79. The van der Waals surface area contributed by atoms with Gasteiger partial charge < -0.3 is 4.74 Å². The molecule has 0 aliphatic carbocycles. The number of aryl methyl sites for hydroxylation is 1. The van der Waals surface area contributed by atoms with E-state index in [-0.39, 0.29) is 0 Å². The fourth-order valence-corrected chi connectivity index (χ4v) is 2.55. The lowest BCUT2D eigenvalue weighted by Crippen LogP contribution is -1.98. The van der Waals surface area contributed by atoms with Gasteiger partial charge in [-0.05, 0) is 35.8 Å². The Morgan fingerprint density at radius 1 is 1.04 bits per heavy atom. The van der Waals surface area contributed by atoms with Crippen LogP contribution in [0.2, 0.25) is 0 Å². The first kappa shape index (κ1) is 15.3. The van der Waals surface area contributed by atoms with E-state index < -0.39 is 0 Å². The van der Waals surface area contributed by atoms with E-state index in [1.807, 2.05) is 25.3 Å². The minimum Gasteiger partial charge on any atom is -0.493 e. The van der Waals surface area contributed by atoms with E-state index in [1.54, 1.807) is 0 Å². The summed E-state index contributed by atoms with van der Waals surface area (Å²) in [5.74, 6) is 0.916. The van der Waals surface area contributed by atoms with Crippen molar-refractivity contribution in [2.24, 2.45) is 0 Å². The van der Waals surface area contributed by atoms with Gasteiger partial charge in [-0.2, -0.15) is 0 Å². The Morgan fingerprint density at radius 2 is 1.87 bits per heavy atom.